The fourth-order valence-corrected chi connectivity index (χ4v) is 3.73. The van der Waals surface area contributed by atoms with E-state index in [0.717, 1.165) is 27.1 Å². The molecule has 132 valence electrons. The van der Waals surface area contributed by atoms with Crippen LogP contribution in [0.1, 0.15) is 26.3 Å². The van der Waals surface area contributed by atoms with E-state index in [2.05, 4.69) is 6.07 Å². The predicted molar refractivity (Wildman–Crippen MR) is 106 cm³/mol. The lowest BCUT2D eigenvalue weighted by molar-refractivity contribution is 0.0696. The van der Waals surface area contributed by atoms with Gasteiger partial charge in [0.15, 0.2) is 0 Å². The molecule has 4 heteroatoms. The second kappa shape index (κ2) is 6.25. The van der Waals surface area contributed by atoms with Gasteiger partial charge in [0.1, 0.15) is 0 Å². The molecule has 0 aromatic heterocycles. The molecule has 0 spiro atoms. The molecule has 4 aromatic carbocycles. The third-order valence-electron chi connectivity index (χ3n) is 4.95. The molecule has 0 aliphatic carbocycles. The van der Waals surface area contributed by atoms with E-state index in [1.807, 2.05) is 48.5 Å². The monoisotopic (exact) mass is 356 g/mol. The number of hydrogen-bond acceptors (Lipinski definition) is 2. The van der Waals surface area contributed by atoms with Crippen molar-refractivity contribution < 1.29 is 19.8 Å². The van der Waals surface area contributed by atoms with Crippen molar-refractivity contribution in [1.82, 2.24) is 0 Å². The smallest absolute Gasteiger partial charge is 0.336 e. The summed E-state index contributed by atoms with van der Waals surface area (Å²) < 4.78 is 0. The lowest BCUT2D eigenvalue weighted by Gasteiger charge is -2.16. The van der Waals surface area contributed by atoms with E-state index >= 15 is 0 Å². The predicted octanol–water partition coefficient (Wildman–Crippen LogP) is 5.36. The number of hydrogen-bond donors (Lipinski definition) is 2. The van der Waals surface area contributed by atoms with Gasteiger partial charge in [0.25, 0.3) is 0 Å². The molecular weight excluding hydrogens is 340 g/mol. The number of fused-ring (bicyclic) bond motifs is 2. The van der Waals surface area contributed by atoms with Gasteiger partial charge >= 0.3 is 11.9 Å². The minimum absolute atomic E-state index is 0.000641. The summed E-state index contributed by atoms with van der Waals surface area (Å²) >= 11 is 0. The lowest BCUT2D eigenvalue weighted by atomic mass is 9.87. The van der Waals surface area contributed by atoms with Crippen molar-refractivity contribution in [3.05, 3.63) is 83.4 Å². The summed E-state index contributed by atoms with van der Waals surface area (Å²) in [5.41, 5.74) is 1.61. The molecule has 0 saturated carbocycles. The van der Waals surface area contributed by atoms with Gasteiger partial charge in [0.2, 0.25) is 0 Å². The van der Waals surface area contributed by atoms with Gasteiger partial charge in [-0.3, -0.25) is 0 Å². The Morgan fingerprint density at radius 2 is 1.30 bits per heavy atom. The van der Waals surface area contributed by atoms with Crippen molar-refractivity contribution in [3.63, 3.8) is 0 Å². The summed E-state index contributed by atoms with van der Waals surface area (Å²) in [6.45, 7) is 1.55. The molecule has 0 unspecified atom stereocenters. The number of aromatic carboxylic acids is 2. The Morgan fingerprint density at radius 1 is 0.741 bits per heavy atom. The summed E-state index contributed by atoms with van der Waals surface area (Å²) in [6.07, 6.45) is 0. The molecule has 0 bridgehead atoms. The quantitative estimate of drug-likeness (QED) is 0.484. The standard InChI is InChI=1S/C23H16O4/c1-13-16(22(24)25)10-11-19(20(13)23(26)27)21-17-8-4-2-6-14(17)12-15-7-3-5-9-18(15)21/h2-12H,1H3,(H,24,25)(H,26,27). The van der Waals surface area contributed by atoms with Gasteiger partial charge in [-0.15, -0.1) is 0 Å². The fraction of sp³-hybridized carbons (Fsp3) is 0.0435. The van der Waals surface area contributed by atoms with Crippen LogP contribution in [0.4, 0.5) is 0 Å². The van der Waals surface area contributed by atoms with Crippen LogP contribution in [0, 0.1) is 6.92 Å². The molecule has 0 atom stereocenters. The molecule has 0 aliphatic rings. The molecule has 2 N–H and O–H groups in total. The Balaban J connectivity index is 2.21. The third-order valence-corrected chi connectivity index (χ3v) is 4.95. The Bertz CT molecular complexity index is 1180. The van der Waals surface area contributed by atoms with Crippen LogP contribution in [0.2, 0.25) is 0 Å². The summed E-state index contributed by atoms with van der Waals surface area (Å²) in [4.78, 5) is 23.5. The second-order valence-corrected chi connectivity index (χ2v) is 6.46. The molecule has 0 saturated heterocycles. The highest BCUT2D eigenvalue weighted by molar-refractivity contribution is 6.16. The minimum Gasteiger partial charge on any atom is -0.478 e. The van der Waals surface area contributed by atoms with Crippen LogP contribution >= 0.6 is 0 Å². The lowest BCUT2D eigenvalue weighted by Crippen LogP contribution is -2.09. The van der Waals surface area contributed by atoms with Gasteiger partial charge in [-0.05, 0) is 57.3 Å². The van der Waals surface area contributed by atoms with Crippen molar-refractivity contribution in [2.24, 2.45) is 0 Å². The van der Waals surface area contributed by atoms with Gasteiger partial charge < -0.3 is 10.2 Å². The molecule has 27 heavy (non-hydrogen) atoms. The SMILES string of the molecule is Cc1c(C(=O)O)ccc(-c2c3ccccc3cc3ccccc23)c1C(=O)O. The van der Waals surface area contributed by atoms with Crippen LogP contribution in [-0.2, 0) is 0 Å². The van der Waals surface area contributed by atoms with E-state index < -0.39 is 11.9 Å². The highest BCUT2D eigenvalue weighted by atomic mass is 16.4. The van der Waals surface area contributed by atoms with Gasteiger partial charge in [0.05, 0.1) is 11.1 Å². The molecule has 4 nitrogen and oxygen atoms in total. The van der Waals surface area contributed by atoms with Gasteiger partial charge in [-0.2, -0.15) is 0 Å². The van der Waals surface area contributed by atoms with Crippen LogP contribution < -0.4 is 0 Å². The number of carboxylic acid groups (broad SMARTS) is 2. The molecule has 4 aromatic rings. The Labute approximate surface area is 155 Å². The maximum atomic E-state index is 12.1. The van der Waals surface area contributed by atoms with Gasteiger partial charge in [0, 0.05) is 0 Å². The summed E-state index contributed by atoms with van der Waals surface area (Å²) in [7, 11) is 0. The topological polar surface area (TPSA) is 74.6 Å². The van der Waals surface area contributed by atoms with Crippen LogP contribution in [-0.4, -0.2) is 22.2 Å². The molecular formula is C23H16O4. The van der Waals surface area contributed by atoms with Gasteiger partial charge in [-0.25, -0.2) is 9.59 Å². The van der Waals surface area contributed by atoms with E-state index in [0.29, 0.717) is 5.56 Å². The third kappa shape index (κ3) is 2.62. The maximum Gasteiger partial charge on any atom is 0.336 e. The number of carbonyl (C=O) groups is 2. The van der Waals surface area contributed by atoms with Crippen molar-refractivity contribution in [2.75, 3.05) is 0 Å². The largest absolute Gasteiger partial charge is 0.478 e. The Hall–Kier alpha value is -3.66. The molecule has 0 radical (unpaired) electrons. The average Bonchev–Trinajstić information content (AvgIpc) is 2.65. The van der Waals surface area contributed by atoms with E-state index in [4.69, 9.17) is 0 Å². The zero-order chi connectivity index (χ0) is 19.1. The minimum atomic E-state index is -1.14. The first-order valence-electron chi connectivity index (χ1n) is 8.50. The normalized spacial score (nSPS) is 11.0. The van der Waals surface area contributed by atoms with E-state index in [-0.39, 0.29) is 16.7 Å². The number of benzene rings is 4. The van der Waals surface area contributed by atoms with E-state index in [9.17, 15) is 19.8 Å². The summed E-state index contributed by atoms with van der Waals surface area (Å²) in [5, 5.41) is 23.1. The first-order valence-corrected chi connectivity index (χ1v) is 8.50. The average molecular weight is 356 g/mol. The highest BCUT2D eigenvalue weighted by Crippen LogP contribution is 2.39. The summed E-state index contributed by atoms with van der Waals surface area (Å²) in [6, 6.07) is 20.8. The fourth-order valence-electron chi connectivity index (χ4n) is 3.73. The zero-order valence-corrected chi connectivity index (χ0v) is 14.6. The number of carboxylic acids is 2. The van der Waals surface area contributed by atoms with E-state index in [1.54, 1.807) is 13.0 Å². The molecule has 4 rings (SSSR count). The maximum absolute atomic E-state index is 12.1. The van der Waals surface area contributed by atoms with E-state index in [1.165, 1.54) is 6.07 Å². The van der Waals surface area contributed by atoms with Crippen LogP contribution in [0.25, 0.3) is 32.7 Å². The van der Waals surface area contributed by atoms with Crippen molar-refractivity contribution in [2.45, 2.75) is 6.92 Å². The highest BCUT2D eigenvalue weighted by Gasteiger charge is 2.22. The van der Waals surface area contributed by atoms with Crippen LogP contribution in [0.3, 0.4) is 0 Å². The van der Waals surface area contributed by atoms with Crippen molar-refractivity contribution in [1.29, 1.82) is 0 Å². The van der Waals surface area contributed by atoms with Crippen LogP contribution in [0.15, 0.2) is 66.7 Å². The molecule has 0 amide bonds. The number of rotatable bonds is 3. The van der Waals surface area contributed by atoms with Crippen LogP contribution in [0.5, 0.6) is 0 Å². The molecule has 0 heterocycles. The molecule has 0 fully saturated rings. The Kier molecular flexibility index (Phi) is 3.89. The molecule has 0 aliphatic heterocycles. The van der Waals surface area contributed by atoms with Crippen molar-refractivity contribution >= 4 is 33.5 Å². The first kappa shape index (κ1) is 16.8. The Morgan fingerprint density at radius 3 is 1.81 bits per heavy atom. The van der Waals surface area contributed by atoms with Crippen molar-refractivity contribution in [3.8, 4) is 11.1 Å². The second-order valence-electron chi connectivity index (χ2n) is 6.46. The van der Waals surface area contributed by atoms with Gasteiger partial charge in [-0.1, -0.05) is 54.6 Å². The summed E-state index contributed by atoms with van der Waals surface area (Å²) in [5.74, 6) is -2.27. The zero-order valence-electron chi connectivity index (χ0n) is 14.6. The first-order chi connectivity index (χ1) is 13.0.